The number of carboxylic acids is 1. The highest BCUT2D eigenvalue weighted by molar-refractivity contribution is 6.31. The van der Waals surface area contributed by atoms with Gasteiger partial charge in [-0.3, -0.25) is 14.5 Å². The van der Waals surface area contributed by atoms with Crippen LogP contribution in [0.3, 0.4) is 0 Å². The average Bonchev–Trinajstić information content (AvgIpc) is 3.40. The second-order valence-corrected chi connectivity index (χ2v) is 13.1. The number of primary amides is 1. The topological polar surface area (TPSA) is 146 Å². The molecule has 2 saturated heterocycles. The maximum atomic E-state index is 16.0. The Morgan fingerprint density at radius 1 is 1.26 bits per heavy atom. The Kier molecular flexibility index (Phi) is 9.16. The van der Waals surface area contributed by atoms with Crippen LogP contribution in [0.25, 0.3) is 0 Å². The molecule has 0 aromatic heterocycles. The van der Waals surface area contributed by atoms with Crippen molar-refractivity contribution in [1.29, 1.82) is 5.26 Å². The minimum Gasteiger partial charge on any atom is -0.480 e. The third-order valence-corrected chi connectivity index (χ3v) is 8.84. The smallest absolute Gasteiger partial charge is 0.321 e. The van der Waals surface area contributed by atoms with E-state index >= 15 is 8.78 Å². The highest BCUT2D eigenvalue weighted by atomic mass is 35.5. The number of rotatable bonds is 9. The van der Waals surface area contributed by atoms with Gasteiger partial charge >= 0.3 is 5.97 Å². The number of hydrogen-bond acceptors (Lipinski definition) is 7. The molecule has 4 rings (SSSR count). The lowest BCUT2D eigenvalue weighted by atomic mass is 9.62. The number of aliphatic hydroxyl groups excluding tert-OH is 1. The first kappa shape index (κ1) is 33.1. The number of nitriles is 1. The molecule has 0 bridgehead atoms. The maximum Gasteiger partial charge on any atom is 0.321 e. The number of halogens is 4. The summed E-state index contributed by atoms with van der Waals surface area (Å²) in [4.78, 5) is 27.8. The molecule has 2 aliphatic rings. The highest BCUT2D eigenvalue weighted by Crippen LogP contribution is 2.57. The first-order valence-electron chi connectivity index (χ1n) is 13.5. The summed E-state index contributed by atoms with van der Waals surface area (Å²) in [5.41, 5.74) is 2.19. The van der Waals surface area contributed by atoms with Crippen molar-refractivity contribution < 1.29 is 38.1 Å². The van der Waals surface area contributed by atoms with E-state index in [0.29, 0.717) is 0 Å². The Hall–Kier alpha value is -2.85. The number of aliphatic carboxylic acids is 1. The molecule has 0 radical (unpaired) electrons. The molecule has 43 heavy (non-hydrogen) atoms. The Morgan fingerprint density at radius 3 is 2.44 bits per heavy atom. The van der Waals surface area contributed by atoms with Crippen LogP contribution in [-0.2, 0) is 24.5 Å². The minimum atomic E-state index is -2.18. The first-order valence-corrected chi connectivity index (χ1v) is 14.3. The SMILES string of the molecule is CC(C)(CO)C[C@@H]1N(C(C(N)=O)[C@H]2COC(C)(C)O2)[C@@H](C(=O)O)[C@H](c2cccc(Cl)c2F)[C@@]1(C#N)c1ccc(Cl)cc1F. The fourth-order valence-electron chi connectivity index (χ4n) is 6.49. The maximum absolute atomic E-state index is 16.0. The molecule has 2 aliphatic heterocycles. The molecule has 2 fully saturated rings. The van der Waals surface area contributed by atoms with Gasteiger partial charge in [0, 0.05) is 29.2 Å². The standard InChI is InChI=1S/C30H33Cl2F2N3O6/c1-28(2,14-38)11-21-30(13-35,17-9-8-15(31)10-19(17)33)22(16-6-5-7-18(32)23(16)34)25(27(40)41)37(21)24(26(36)39)20-12-42-29(3,4)43-20/h5-10,20-22,24-25,38H,11-12,14H2,1-4H3,(H2,36,39)(H,40,41)/t20-,21+,22+,24?,25-,30+/m1/s1. The third kappa shape index (κ3) is 5.84. The van der Waals surface area contributed by atoms with E-state index in [1.807, 2.05) is 0 Å². The van der Waals surface area contributed by atoms with Crippen LogP contribution in [0.5, 0.6) is 0 Å². The van der Waals surface area contributed by atoms with Crippen LogP contribution >= 0.6 is 23.2 Å². The number of hydrogen-bond donors (Lipinski definition) is 3. The molecule has 2 heterocycles. The molecule has 13 heteroatoms. The predicted octanol–water partition coefficient (Wildman–Crippen LogP) is 4.37. The van der Waals surface area contributed by atoms with Crippen molar-refractivity contribution in [2.24, 2.45) is 11.1 Å². The Labute approximate surface area is 258 Å². The van der Waals surface area contributed by atoms with Gasteiger partial charge < -0.3 is 25.4 Å². The van der Waals surface area contributed by atoms with E-state index in [2.05, 4.69) is 6.07 Å². The minimum absolute atomic E-state index is 0.00505. The van der Waals surface area contributed by atoms with Gasteiger partial charge in [0.15, 0.2) is 5.79 Å². The van der Waals surface area contributed by atoms with E-state index in [-0.39, 0.29) is 34.2 Å². The molecular weight excluding hydrogens is 607 g/mol. The van der Waals surface area contributed by atoms with Gasteiger partial charge in [0.25, 0.3) is 0 Å². The molecule has 232 valence electrons. The average molecular weight is 641 g/mol. The van der Waals surface area contributed by atoms with Crippen molar-refractivity contribution in [2.45, 2.75) is 75.5 Å². The van der Waals surface area contributed by atoms with Crippen LogP contribution in [0, 0.1) is 28.4 Å². The van der Waals surface area contributed by atoms with Crippen molar-refractivity contribution in [3.8, 4) is 6.07 Å². The molecule has 0 saturated carbocycles. The number of nitrogens with zero attached hydrogens (tertiary/aromatic N) is 2. The predicted molar refractivity (Wildman–Crippen MR) is 153 cm³/mol. The van der Waals surface area contributed by atoms with Gasteiger partial charge in [-0.1, -0.05) is 55.2 Å². The lowest BCUT2D eigenvalue weighted by Crippen LogP contribution is -2.60. The van der Waals surface area contributed by atoms with E-state index in [1.54, 1.807) is 27.7 Å². The quantitative estimate of drug-likeness (QED) is 0.367. The summed E-state index contributed by atoms with van der Waals surface area (Å²) in [5, 5.41) is 31.9. The van der Waals surface area contributed by atoms with Crippen LogP contribution in [0.2, 0.25) is 10.0 Å². The van der Waals surface area contributed by atoms with Crippen LogP contribution < -0.4 is 5.73 Å². The van der Waals surface area contributed by atoms with E-state index in [1.165, 1.54) is 35.2 Å². The summed E-state index contributed by atoms with van der Waals surface area (Å²) in [6.07, 6.45) is -1.26. The van der Waals surface area contributed by atoms with Crippen LogP contribution in [-0.4, -0.2) is 70.2 Å². The summed E-state index contributed by atoms with van der Waals surface area (Å²) < 4.78 is 43.6. The zero-order valence-electron chi connectivity index (χ0n) is 24.0. The van der Waals surface area contributed by atoms with Gasteiger partial charge in [0.05, 0.1) is 17.7 Å². The second-order valence-electron chi connectivity index (χ2n) is 12.2. The number of nitrogens with two attached hydrogens (primary N) is 1. The third-order valence-electron chi connectivity index (χ3n) is 8.31. The summed E-state index contributed by atoms with van der Waals surface area (Å²) >= 11 is 12.2. The zero-order chi connectivity index (χ0) is 32.1. The molecular formula is C30H33Cl2F2N3O6. The molecule has 0 spiro atoms. The van der Waals surface area contributed by atoms with Gasteiger partial charge in [-0.2, -0.15) is 5.26 Å². The monoisotopic (exact) mass is 639 g/mol. The number of amides is 1. The molecule has 6 atom stereocenters. The first-order chi connectivity index (χ1) is 20.0. The van der Waals surface area contributed by atoms with E-state index < -0.39 is 76.9 Å². The number of aliphatic hydroxyl groups is 1. The van der Waals surface area contributed by atoms with E-state index in [4.69, 9.17) is 38.4 Å². The number of carbonyl (C=O) groups is 2. The summed E-state index contributed by atoms with van der Waals surface area (Å²) in [7, 11) is 0. The molecule has 2 aromatic carbocycles. The van der Waals surface area contributed by atoms with Crippen LogP contribution in [0.1, 0.15) is 51.2 Å². The lowest BCUT2D eigenvalue weighted by molar-refractivity contribution is -0.159. The van der Waals surface area contributed by atoms with Crippen molar-refractivity contribution >= 4 is 35.1 Å². The van der Waals surface area contributed by atoms with Gasteiger partial charge in [-0.25, -0.2) is 8.78 Å². The number of likely N-dealkylation sites (tertiary alicyclic amines) is 1. The molecule has 1 amide bonds. The zero-order valence-corrected chi connectivity index (χ0v) is 25.5. The van der Waals surface area contributed by atoms with Crippen LogP contribution in [0.4, 0.5) is 8.78 Å². The fraction of sp³-hybridized carbons (Fsp3) is 0.500. The highest BCUT2D eigenvalue weighted by Gasteiger charge is 2.68. The van der Waals surface area contributed by atoms with Gasteiger partial charge in [0.1, 0.15) is 35.2 Å². The largest absolute Gasteiger partial charge is 0.480 e. The van der Waals surface area contributed by atoms with Gasteiger partial charge in [-0.15, -0.1) is 0 Å². The lowest BCUT2D eigenvalue weighted by Gasteiger charge is -2.42. The second kappa shape index (κ2) is 11.9. The van der Waals surface area contributed by atoms with Gasteiger partial charge in [0.2, 0.25) is 5.91 Å². The molecule has 0 aliphatic carbocycles. The van der Waals surface area contributed by atoms with Crippen molar-refractivity contribution in [1.82, 2.24) is 4.90 Å². The number of ether oxygens (including phenoxy) is 2. The molecule has 9 nitrogen and oxygen atoms in total. The fourth-order valence-corrected chi connectivity index (χ4v) is 6.83. The van der Waals surface area contributed by atoms with E-state index in [9.17, 15) is 25.1 Å². The molecule has 2 aromatic rings. The Morgan fingerprint density at radius 2 is 1.93 bits per heavy atom. The number of benzene rings is 2. The Bertz CT molecular complexity index is 1470. The van der Waals surface area contributed by atoms with Gasteiger partial charge in [-0.05, 0) is 49.4 Å². The number of carboxylic acid groups (broad SMARTS) is 1. The van der Waals surface area contributed by atoms with E-state index in [0.717, 1.165) is 6.07 Å². The van der Waals surface area contributed by atoms with Crippen LogP contribution in [0.15, 0.2) is 36.4 Å². The van der Waals surface area contributed by atoms with Crippen molar-refractivity contribution in [2.75, 3.05) is 13.2 Å². The molecule has 1 unspecified atom stereocenters. The molecule has 4 N–H and O–H groups in total. The summed E-state index contributed by atoms with van der Waals surface area (Å²) in [6, 6.07) is 4.92. The Balaban J connectivity index is 2.16. The van der Waals surface area contributed by atoms with Crippen molar-refractivity contribution in [3.63, 3.8) is 0 Å². The summed E-state index contributed by atoms with van der Waals surface area (Å²) in [5.74, 6) is -7.29. The van der Waals surface area contributed by atoms with Crippen molar-refractivity contribution in [3.05, 3.63) is 69.2 Å². The summed E-state index contributed by atoms with van der Waals surface area (Å²) in [6.45, 7) is 5.93. The number of carbonyl (C=O) groups excluding carboxylic acids is 1. The normalized spacial score (nSPS) is 28.0.